The second-order valence-corrected chi connectivity index (χ2v) is 4.54. The zero-order valence-corrected chi connectivity index (χ0v) is 11.7. The molecule has 0 atom stereocenters. The minimum Gasteiger partial charge on any atom is -0.459 e. The number of carbonyl (C=O) groups excluding carboxylic acids is 1. The largest absolute Gasteiger partial charge is 0.459 e. The summed E-state index contributed by atoms with van der Waals surface area (Å²) >= 11 is 0. The van der Waals surface area contributed by atoms with Crippen molar-refractivity contribution in [3.05, 3.63) is 72.6 Å². The van der Waals surface area contributed by atoms with Crippen molar-refractivity contribution in [3.63, 3.8) is 0 Å². The third kappa shape index (κ3) is 3.49. The molecule has 0 spiro atoms. The van der Waals surface area contributed by atoms with Gasteiger partial charge in [0, 0.05) is 6.20 Å². The van der Waals surface area contributed by atoms with Crippen molar-refractivity contribution >= 4 is 17.4 Å². The van der Waals surface area contributed by atoms with Gasteiger partial charge in [0.1, 0.15) is 5.82 Å². The summed E-state index contributed by atoms with van der Waals surface area (Å²) < 4.78 is 5.03. The summed E-state index contributed by atoms with van der Waals surface area (Å²) in [6.45, 7) is 0.589. The second-order valence-electron chi connectivity index (χ2n) is 4.54. The molecule has 0 aliphatic carbocycles. The number of furan rings is 1. The Labute approximate surface area is 127 Å². The summed E-state index contributed by atoms with van der Waals surface area (Å²) in [4.78, 5) is 20.3. The summed E-state index contributed by atoms with van der Waals surface area (Å²) in [5.41, 5.74) is 1.53. The first kappa shape index (κ1) is 13.8. The molecule has 22 heavy (non-hydrogen) atoms. The molecule has 0 unspecified atom stereocenters. The fraction of sp³-hybridized carbons (Fsp3) is 0.0625. The van der Waals surface area contributed by atoms with Gasteiger partial charge >= 0.3 is 0 Å². The number of aromatic nitrogens is 2. The molecule has 0 fully saturated rings. The Morgan fingerprint density at radius 3 is 2.73 bits per heavy atom. The Balaban J connectivity index is 1.57. The van der Waals surface area contributed by atoms with Crippen LogP contribution in [0, 0.1) is 0 Å². The van der Waals surface area contributed by atoms with Crippen molar-refractivity contribution in [2.45, 2.75) is 6.54 Å². The number of anilines is 2. The minimum absolute atomic E-state index is 0.261. The Hall–Kier alpha value is -3.15. The standard InChI is InChI=1S/C16H14N4O2/c21-16(14-5-3-9-22-14)20-13-6-7-15(19-11-13)18-10-12-4-1-2-8-17-12/h1-9,11H,10H2,(H,18,19)(H,20,21). The van der Waals surface area contributed by atoms with E-state index in [1.165, 1.54) is 6.26 Å². The molecule has 3 heterocycles. The summed E-state index contributed by atoms with van der Waals surface area (Å²) in [5.74, 6) is 0.667. The second kappa shape index (κ2) is 6.53. The molecule has 0 radical (unpaired) electrons. The molecule has 6 heteroatoms. The minimum atomic E-state index is -0.305. The van der Waals surface area contributed by atoms with E-state index in [9.17, 15) is 4.79 Å². The Morgan fingerprint density at radius 1 is 1.09 bits per heavy atom. The number of amides is 1. The van der Waals surface area contributed by atoms with Gasteiger partial charge in [-0.05, 0) is 36.4 Å². The fourth-order valence-electron chi connectivity index (χ4n) is 1.86. The van der Waals surface area contributed by atoms with Crippen LogP contribution in [0.1, 0.15) is 16.2 Å². The molecule has 0 aromatic carbocycles. The number of pyridine rings is 2. The highest BCUT2D eigenvalue weighted by atomic mass is 16.3. The van der Waals surface area contributed by atoms with Crippen molar-refractivity contribution in [1.82, 2.24) is 9.97 Å². The van der Waals surface area contributed by atoms with Crippen LogP contribution >= 0.6 is 0 Å². The third-order valence-corrected chi connectivity index (χ3v) is 2.94. The monoisotopic (exact) mass is 294 g/mol. The number of rotatable bonds is 5. The maximum atomic E-state index is 11.8. The molecule has 110 valence electrons. The molecular weight excluding hydrogens is 280 g/mol. The van der Waals surface area contributed by atoms with E-state index in [0.717, 1.165) is 5.69 Å². The maximum absolute atomic E-state index is 11.8. The Kier molecular flexibility index (Phi) is 4.10. The molecule has 0 saturated carbocycles. The Bertz CT molecular complexity index is 725. The van der Waals surface area contributed by atoms with Crippen molar-refractivity contribution < 1.29 is 9.21 Å². The molecule has 2 N–H and O–H groups in total. The number of hydrogen-bond donors (Lipinski definition) is 2. The molecule has 3 aromatic heterocycles. The maximum Gasteiger partial charge on any atom is 0.291 e. The topological polar surface area (TPSA) is 80.0 Å². The molecule has 3 aromatic rings. The number of nitrogens with one attached hydrogen (secondary N) is 2. The van der Waals surface area contributed by atoms with Gasteiger partial charge in [-0.3, -0.25) is 9.78 Å². The summed E-state index contributed by atoms with van der Waals surface area (Å²) in [5, 5.41) is 5.87. The van der Waals surface area contributed by atoms with Gasteiger partial charge in [0.05, 0.1) is 30.4 Å². The molecule has 3 rings (SSSR count). The summed E-state index contributed by atoms with van der Waals surface area (Å²) in [7, 11) is 0. The van der Waals surface area contributed by atoms with Crippen molar-refractivity contribution in [2.24, 2.45) is 0 Å². The molecule has 0 bridgehead atoms. The predicted molar refractivity (Wildman–Crippen MR) is 82.5 cm³/mol. The van der Waals surface area contributed by atoms with E-state index in [0.29, 0.717) is 18.1 Å². The van der Waals surface area contributed by atoms with Crippen molar-refractivity contribution in [2.75, 3.05) is 10.6 Å². The van der Waals surface area contributed by atoms with Crippen LogP contribution in [-0.4, -0.2) is 15.9 Å². The lowest BCUT2D eigenvalue weighted by atomic mass is 10.3. The van der Waals surface area contributed by atoms with E-state index in [2.05, 4.69) is 20.6 Å². The predicted octanol–water partition coefficient (Wildman–Crippen LogP) is 2.93. The first-order valence-corrected chi connectivity index (χ1v) is 6.76. The highest BCUT2D eigenvalue weighted by Crippen LogP contribution is 2.12. The third-order valence-electron chi connectivity index (χ3n) is 2.94. The van der Waals surface area contributed by atoms with Crippen LogP contribution in [0.5, 0.6) is 0 Å². The zero-order chi connectivity index (χ0) is 15.2. The lowest BCUT2D eigenvalue weighted by molar-refractivity contribution is 0.0996. The van der Waals surface area contributed by atoms with Gasteiger partial charge in [0.15, 0.2) is 5.76 Å². The van der Waals surface area contributed by atoms with E-state index in [4.69, 9.17) is 4.42 Å². The van der Waals surface area contributed by atoms with Crippen molar-refractivity contribution in [3.8, 4) is 0 Å². The van der Waals surface area contributed by atoms with Crippen LogP contribution in [0.2, 0.25) is 0 Å². The van der Waals surface area contributed by atoms with Gasteiger partial charge < -0.3 is 15.1 Å². The number of nitrogens with zero attached hydrogens (tertiary/aromatic N) is 2. The van der Waals surface area contributed by atoms with Crippen LogP contribution in [0.15, 0.2) is 65.5 Å². The summed E-state index contributed by atoms with van der Waals surface area (Å²) in [6.07, 6.45) is 4.79. The van der Waals surface area contributed by atoms with Gasteiger partial charge in [0.2, 0.25) is 0 Å². The van der Waals surface area contributed by atoms with Gasteiger partial charge in [-0.1, -0.05) is 6.07 Å². The van der Waals surface area contributed by atoms with Gasteiger partial charge in [-0.2, -0.15) is 0 Å². The zero-order valence-electron chi connectivity index (χ0n) is 11.7. The van der Waals surface area contributed by atoms with Crippen LogP contribution in [-0.2, 0) is 6.54 Å². The van der Waals surface area contributed by atoms with Crippen LogP contribution < -0.4 is 10.6 Å². The molecule has 0 saturated heterocycles. The smallest absolute Gasteiger partial charge is 0.291 e. The van der Waals surface area contributed by atoms with E-state index < -0.39 is 0 Å². The first-order valence-electron chi connectivity index (χ1n) is 6.76. The van der Waals surface area contributed by atoms with Crippen LogP contribution in [0.3, 0.4) is 0 Å². The number of hydrogen-bond acceptors (Lipinski definition) is 5. The first-order chi connectivity index (χ1) is 10.8. The number of carbonyl (C=O) groups is 1. The lowest BCUT2D eigenvalue weighted by Crippen LogP contribution is -2.11. The molecule has 6 nitrogen and oxygen atoms in total. The Morgan fingerprint density at radius 2 is 2.05 bits per heavy atom. The fourth-order valence-corrected chi connectivity index (χ4v) is 1.86. The molecule has 0 aliphatic rings. The van der Waals surface area contributed by atoms with Crippen LogP contribution in [0.25, 0.3) is 0 Å². The normalized spacial score (nSPS) is 10.2. The quantitative estimate of drug-likeness (QED) is 0.756. The average molecular weight is 294 g/mol. The SMILES string of the molecule is O=C(Nc1ccc(NCc2ccccn2)nc1)c1ccco1. The highest BCUT2D eigenvalue weighted by molar-refractivity contribution is 6.02. The van der Waals surface area contributed by atoms with Crippen LogP contribution in [0.4, 0.5) is 11.5 Å². The average Bonchev–Trinajstić information content (AvgIpc) is 3.10. The molecule has 1 amide bonds. The van der Waals surface area contributed by atoms with Gasteiger partial charge in [-0.15, -0.1) is 0 Å². The van der Waals surface area contributed by atoms with E-state index >= 15 is 0 Å². The van der Waals surface area contributed by atoms with E-state index in [1.54, 1.807) is 36.7 Å². The lowest BCUT2D eigenvalue weighted by Gasteiger charge is -2.07. The van der Waals surface area contributed by atoms with E-state index in [-0.39, 0.29) is 11.7 Å². The molecular formula is C16H14N4O2. The van der Waals surface area contributed by atoms with E-state index in [1.807, 2.05) is 18.2 Å². The highest BCUT2D eigenvalue weighted by Gasteiger charge is 2.08. The van der Waals surface area contributed by atoms with Gasteiger partial charge in [0.25, 0.3) is 5.91 Å². The van der Waals surface area contributed by atoms with Gasteiger partial charge in [-0.25, -0.2) is 4.98 Å². The summed E-state index contributed by atoms with van der Waals surface area (Å²) in [6, 6.07) is 12.6. The molecule has 0 aliphatic heterocycles. The van der Waals surface area contributed by atoms with Crippen molar-refractivity contribution in [1.29, 1.82) is 0 Å².